The molecule has 1 heterocycles. The number of likely N-dealkylation sites (N-methyl/N-ethyl adjacent to an activating group) is 1. The summed E-state index contributed by atoms with van der Waals surface area (Å²) in [5, 5.41) is 0. The van der Waals surface area contributed by atoms with Gasteiger partial charge in [-0.05, 0) is 26.5 Å². The summed E-state index contributed by atoms with van der Waals surface area (Å²) in [5.41, 5.74) is 0.994. The molecule has 0 N–H and O–H groups in total. The van der Waals surface area contributed by atoms with Crippen molar-refractivity contribution in [2.45, 2.75) is 32.0 Å². The molecule has 2 unspecified atom stereocenters. The minimum Gasteiger partial charge on any atom is -0.460 e. The molecule has 0 amide bonds. The van der Waals surface area contributed by atoms with Crippen LogP contribution in [0.2, 0.25) is 0 Å². The predicted molar refractivity (Wildman–Crippen MR) is 62.0 cm³/mol. The van der Waals surface area contributed by atoms with Crippen molar-refractivity contribution in [3.63, 3.8) is 0 Å². The van der Waals surface area contributed by atoms with Crippen molar-refractivity contribution in [2.75, 3.05) is 7.05 Å². The van der Waals surface area contributed by atoms with E-state index in [-0.39, 0.29) is 24.2 Å². The zero-order chi connectivity index (χ0) is 11.7. The molecule has 2 rings (SSSR count). The minimum atomic E-state index is -0.271. The molecule has 0 aromatic heterocycles. The van der Waals surface area contributed by atoms with E-state index in [1.165, 1.54) is 0 Å². The Balaban J connectivity index is 2.30. The van der Waals surface area contributed by atoms with Gasteiger partial charge in [0.2, 0.25) is 0 Å². The van der Waals surface area contributed by atoms with E-state index in [0.717, 1.165) is 5.56 Å². The lowest BCUT2D eigenvalue weighted by molar-refractivity contribution is -0.169. The number of nitrogens with zero attached hydrogens (tertiary/aromatic N) is 1. The summed E-state index contributed by atoms with van der Waals surface area (Å²) >= 11 is 0. The first-order valence-electron chi connectivity index (χ1n) is 5.58. The zero-order valence-electron chi connectivity index (χ0n) is 9.88. The summed E-state index contributed by atoms with van der Waals surface area (Å²) in [6, 6.07) is 9.73. The zero-order valence-corrected chi connectivity index (χ0v) is 9.88. The van der Waals surface area contributed by atoms with Crippen LogP contribution in [-0.2, 0) is 9.53 Å². The molecule has 86 valence electrons. The summed E-state index contributed by atoms with van der Waals surface area (Å²) in [6.07, 6.45) is -0.0440. The molecular formula is C13H17NO2. The normalized spacial score (nSPS) is 31.2. The van der Waals surface area contributed by atoms with Gasteiger partial charge in [-0.1, -0.05) is 30.3 Å². The fourth-order valence-electron chi connectivity index (χ4n) is 2.09. The van der Waals surface area contributed by atoms with Crippen molar-refractivity contribution >= 4 is 5.97 Å². The molecule has 1 fully saturated rings. The lowest BCUT2D eigenvalue weighted by Gasteiger charge is -2.40. The number of esters is 1. The number of carbonyl (C=O) groups excluding carboxylic acids is 1. The molecular weight excluding hydrogens is 202 g/mol. The number of ether oxygens (including phenoxy) is 1. The van der Waals surface area contributed by atoms with E-state index in [1.54, 1.807) is 0 Å². The maximum absolute atomic E-state index is 11.9. The Kier molecular flexibility index (Phi) is 2.97. The Morgan fingerprint density at radius 2 is 1.81 bits per heavy atom. The van der Waals surface area contributed by atoms with Gasteiger partial charge in [-0.2, -0.15) is 0 Å². The number of benzene rings is 1. The first-order chi connectivity index (χ1) is 7.61. The third-order valence-corrected chi connectivity index (χ3v) is 3.37. The molecule has 0 bridgehead atoms. The highest BCUT2D eigenvalue weighted by Crippen LogP contribution is 2.29. The number of cyclic esters (lactones) is 1. The first kappa shape index (κ1) is 11.1. The number of hydrogen-bond donors (Lipinski definition) is 0. The Labute approximate surface area is 96.0 Å². The van der Waals surface area contributed by atoms with E-state index in [4.69, 9.17) is 4.74 Å². The van der Waals surface area contributed by atoms with Gasteiger partial charge in [-0.25, -0.2) is 4.79 Å². The van der Waals surface area contributed by atoms with Gasteiger partial charge in [0.25, 0.3) is 0 Å². The van der Waals surface area contributed by atoms with E-state index in [0.29, 0.717) is 0 Å². The molecule has 0 spiro atoms. The molecule has 1 aliphatic rings. The minimum absolute atomic E-state index is 0.0440. The average Bonchev–Trinajstić information content (AvgIpc) is 2.28. The molecule has 16 heavy (non-hydrogen) atoms. The lowest BCUT2D eigenvalue weighted by atomic mass is 10.0. The van der Waals surface area contributed by atoms with Crippen molar-refractivity contribution in [2.24, 2.45) is 0 Å². The lowest BCUT2D eigenvalue weighted by Crippen LogP contribution is -2.50. The molecule has 3 atom stereocenters. The summed E-state index contributed by atoms with van der Waals surface area (Å²) in [4.78, 5) is 14.0. The van der Waals surface area contributed by atoms with Crippen LogP contribution in [0.15, 0.2) is 30.3 Å². The molecule has 0 radical (unpaired) electrons. The van der Waals surface area contributed by atoms with Gasteiger partial charge < -0.3 is 4.74 Å². The molecule has 0 aliphatic carbocycles. The molecule has 3 nitrogen and oxygen atoms in total. The molecule has 1 aromatic rings. The second-order valence-electron chi connectivity index (χ2n) is 4.36. The summed E-state index contributed by atoms with van der Waals surface area (Å²) < 4.78 is 5.36. The second kappa shape index (κ2) is 4.26. The standard InChI is InChI=1S/C13H17NO2/c1-9-10(2)16-13(15)12(14(9)3)11-7-5-4-6-8-11/h4-10,12H,1-3H3/t9?,10?,12-/m0/s1. The summed E-state index contributed by atoms with van der Waals surface area (Å²) in [6.45, 7) is 4.01. The molecule has 0 saturated carbocycles. The van der Waals surface area contributed by atoms with E-state index >= 15 is 0 Å². The molecule has 1 aliphatic heterocycles. The smallest absolute Gasteiger partial charge is 0.328 e. The van der Waals surface area contributed by atoms with Crippen molar-refractivity contribution in [1.82, 2.24) is 4.90 Å². The van der Waals surface area contributed by atoms with Gasteiger partial charge in [0.15, 0.2) is 0 Å². The predicted octanol–water partition coefficient (Wildman–Crippen LogP) is 1.99. The van der Waals surface area contributed by atoms with Gasteiger partial charge in [0, 0.05) is 6.04 Å². The number of rotatable bonds is 1. The Morgan fingerprint density at radius 1 is 1.19 bits per heavy atom. The summed E-state index contributed by atoms with van der Waals surface area (Å²) in [5.74, 6) is -0.153. The van der Waals surface area contributed by atoms with Crippen molar-refractivity contribution in [3.05, 3.63) is 35.9 Å². The van der Waals surface area contributed by atoms with Crippen LogP contribution >= 0.6 is 0 Å². The quantitative estimate of drug-likeness (QED) is 0.676. The first-order valence-corrected chi connectivity index (χ1v) is 5.58. The number of morpholine rings is 1. The Hall–Kier alpha value is -1.35. The maximum atomic E-state index is 11.9. The molecule has 1 saturated heterocycles. The Bertz CT molecular complexity index is 377. The van der Waals surface area contributed by atoms with Gasteiger partial charge in [0.05, 0.1) is 0 Å². The maximum Gasteiger partial charge on any atom is 0.328 e. The van der Waals surface area contributed by atoms with Crippen LogP contribution in [0.5, 0.6) is 0 Å². The highest BCUT2D eigenvalue weighted by Gasteiger charge is 2.38. The Morgan fingerprint density at radius 3 is 2.44 bits per heavy atom. The van der Waals surface area contributed by atoms with Gasteiger partial charge in [-0.15, -0.1) is 0 Å². The van der Waals surface area contributed by atoms with Crippen LogP contribution in [0.1, 0.15) is 25.5 Å². The van der Waals surface area contributed by atoms with E-state index in [1.807, 2.05) is 44.3 Å². The third-order valence-electron chi connectivity index (χ3n) is 3.37. The van der Waals surface area contributed by atoms with Crippen LogP contribution < -0.4 is 0 Å². The highest BCUT2D eigenvalue weighted by molar-refractivity contribution is 5.78. The van der Waals surface area contributed by atoms with Crippen LogP contribution in [0.25, 0.3) is 0 Å². The van der Waals surface area contributed by atoms with Crippen molar-refractivity contribution in [3.8, 4) is 0 Å². The molecule has 3 heteroatoms. The number of carbonyl (C=O) groups is 1. The fraction of sp³-hybridized carbons (Fsp3) is 0.462. The fourth-order valence-corrected chi connectivity index (χ4v) is 2.09. The van der Waals surface area contributed by atoms with Crippen molar-refractivity contribution < 1.29 is 9.53 Å². The van der Waals surface area contributed by atoms with E-state index in [9.17, 15) is 4.79 Å². The van der Waals surface area contributed by atoms with Crippen LogP contribution in [0.3, 0.4) is 0 Å². The summed E-state index contributed by atoms with van der Waals surface area (Å²) in [7, 11) is 1.97. The van der Waals surface area contributed by atoms with Gasteiger partial charge in [-0.3, -0.25) is 4.90 Å². The SMILES string of the molecule is CC1OC(=O)[C@H](c2ccccc2)N(C)C1C. The van der Waals surface area contributed by atoms with Crippen LogP contribution in [0.4, 0.5) is 0 Å². The van der Waals surface area contributed by atoms with Crippen LogP contribution in [-0.4, -0.2) is 30.1 Å². The van der Waals surface area contributed by atoms with Crippen LogP contribution in [0, 0.1) is 0 Å². The highest BCUT2D eigenvalue weighted by atomic mass is 16.5. The average molecular weight is 219 g/mol. The van der Waals surface area contributed by atoms with E-state index in [2.05, 4.69) is 11.8 Å². The van der Waals surface area contributed by atoms with Gasteiger partial charge in [0.1, 0.15) is 12.1 Å². The molecule has 1 aromatic carbocycles. The number of hydrogen-bond acceptors (Lipinski definition) is 3. The van der Waals surface area contributed by atoms with E-state index < -0.39 is 0 Å². The van der Waals surface area contributed by atoms with Crippen molar-refractivity contribution in [1.29, 1.82) is 0 Å². The monoisotopic (exact) mass is 219 g/mol. The third kappa shape index (κ3) is 1.83. The van der Waals surface area contributed by atoms with Gasteiger partial charge >= 0.3 is 5.97 Å². The second-order valence-corrected chi connectivity index (χ2v) is 4.36. The largest absolute Gasteiger partial charge is 0.460 e. The topological polar surface area (TPSA) is 29.5 Å².